The average Bonchev–Trinajstić information content (AvgIpc) is 3.19. The molecule has 3 aliphatic rings. The van der Waals surface area contributed by atoms with Crippen molar-refractivity contribution in [1.82, 2.24) is 9.88 Å². The van der Waals surface area contributed by atoms with Crippen LogP contribution in [0.2, 0.25) is 0 Å². The minimum atomic E-state index is -0.391. The van der Waals surface area contributed by atoms with Gasteiger partial charge in [-0.05, 0) is 43.0 Å². The van der Waals surface area contributed by atoms with Crippen molar-refractivity contribution >= 4 is 28.4 Å². The monoisotopic (exact) mass is 399 g/mol. The molecule has 2 aliphatic heterocycles. The van der Waals surface area contributed by atoms with E-state index in [1.807, 2.05) is 40.1 Å². The molecule has 1 aromatic heterocycles. The number of rotatable bonds is 1. The Hall–Kier alpha value is -3.08. The smallest absolute Gasteiger partial charge is 0.257 e. The second-order valence-electron chi connectivity index (χ2n) is 8.75. The van der Waals surface area contributed by atoms with Crippen molar-refractivity contribution in [2.24, 2.45) is 5.92 Å². The van der Waals surface area contributed by atoms with Crippen molar-refractivity contribution in [3.63, 3.8) is 0 Å². The number of nitrogens with one attached hydrogen (secondary N) is 1. The van der Waals surface area contributed by atoms with Crippen molar-refractivity contribution in [3.05, 3.63) is 65.4 Å². The fourth-order valence-corrected chi connectivity index (χ4v) is 5.64. The Kier molecular flexibility index (Phi) is 3.98. The Bertz CT molecular complexity index is 1160. The van der Waals surface area contributed by atoms with Crippen LogP contribution in [0, 0.1) is 5.92 Å². The fourth-order valence-electron chi connectivity index (χ4n) is 5.64. The summed E-state index contributed by atoms with van der Waals surface area (Å²) in [6.07, 6.45) is 5.72. The number of H-pyrrole nitrogens is 1. The van der Waals surface area contributed by atoms with Gasteiger partial charge < -0.3 is 9.88 Å². The zero-order valence-electron chi connectivity index (χ0n) is 16.9. The van der Waals surface area contributed by atoms with Gasteiger partial charge >= 0.3 is 0 Å². The average molecular weight is 399 g/mol. The van der Waals surface area contributed by atoms with Gasteiger partial charge in [0, 0.05) is 23.4 Å². The molecule has 1 unspecified atom stereocenters. The summed E-state index contributed by atoms with van der Waals surface area (Å²) in [5, 5.41) is 1.20. The molecule has 6 rings (SSSR count). The van der Waals surface area contributed by atoms with Crippen LogP contribution in [0.5, 0.6) is 0 Å². The summed E-state index contributed by atoms with van der Waals surface area (Å²) in [5.74, 6) is 0.223. The van der Waals surface area contributed by atoms with E-state index in [2.05, 4.69) is 23.2 Å². The van der Waals surface area contributed by atoms with Crippen LogP contribution in [0.4, 0.5) is 5.69 Å². The topological polar surface area (TPSA) is 56.4 Å². The van der Waals surface area contributed by atoms with E-state index < -0.39 is 6.17 Å². The van der Waals surface area contributed by atoms with Crippen LogP contribution in [0.25, 0.3) is 10.9 Å². The number of hydrogen-bond donors (Lipinski definition) is 1. The zero-order chi connectivity index (χ0) is 20.2. The predicted molar refractivity (Wildman–Crippen MR) is 116 cm³/mol. The highest BCUT2D eigenvalue weighted by atomic mass is 16.2. The van der Waals surface area contributed by atoms with Gasteiger partial charge in [0.2, 0.25) is 5.91 Å². The maximum Gasteiger partial charge on any atom is 0.257 e. The molecule has 0 saturated heterocycles. The van der Waals surface area contributed by atoms with Crippen LogP contribution in [0.15, 0.2) is 48.5 Å². The molecular formula is C25H25N3O2. The SMILES string of the molecule is O=C1c2ccccc2N(C(=O)C2CCCCC2)C2c3[nH]c4ccccc4c3CCN12. The van der Waals surface area contributed by atoms with E-state index in [1.165, 1.54) is 17.4 Å². The van der Waals surface area contributed by atoms with E-state index in [-0.39, 0.29) is 17.7 Å². The predicted octanol–water partition coefficient (Wildman–Crippen LogP) is 4.79. The van der Waals surface area contributed by atoms with Crippen LogP contribution >= 0.6 is 0 Å². The van der Waals surface area contributed by atoms with E-state index in [4.69, 9.17) is 0 Å². The first-order valence-corrected chi connectivity index (χ1v) is 11.1. The second-order valence-corrected chi connectivity index (χ2v) is 8.75. The van der Waals surface area contributed by atoms with Crippen molar-refractivity contribution in [3.8, 4) is 0 Å². The molecule has 1 saturated carbocycles. The molecule has 3 aromatic rings. The maximum absolute atomic E-state index is 13.9. The summed E-state index contributed by atoms with van der Waals surface area (Å²) in [5.41, 5.74) is 4.69. The van der Waals surface area contributed by atoms with Gasteiger partial charge in [-0.1, -0.05) is 49.6 Å². The van der Waals surface area contributed by atoms with Crippen molar-refractivity contribution in [1.29, 1.82) is 0 Å². The molecule has 30 heavy (non-hydrogen) atoms. The van der Waals surface area contributed by atoms with Crippen LogP contribution < -0.4 is 4.90 Å². The molecule has 5 heteroatoms. The molecule has 2 aromatic carbocycles. The molecule has 2 amide bonds. The number of amides is 2. The minimum absolute atomic E-state index is 0.0209. The summed E-state index contributed by atoms with van der Waals surface area (Å²) >= 11 is 0. The molecule has 0 spiro atoms. The minimum Gasteiger partial charge on any atom is -0.355 e. The number of anilines is 1. The van der Waals surface area contributed by atoms with Gasteiger partial charge in [0.25, 0.3) is 5.91 Å². The van der Waals surface area contributed by atoms with Crippen molar-refractivity contribution in [2.75, 3.05) is 11.4 Å². The largest absolute Gasteiger partial charge is 0.355 e. The molecule has 1 atom stereocenters. The summed E-state index contributed by atoms with van der Waals surface area (Å²) in [6.45, 7) is 0.626. The highest BCUT2D eigenvalue weighted by molar-refractivity contribution is 6.09. The van der Waals surface area contributed by atoms with Crippen molar-refractivity contribution < 1.29 is 9.59 Å². The first-order chi connectivity index (χ1) is 14.7. The number of para-hydroxylation sites is 2. The molecule has 0 bridgehead atoms. The maximum atomic E-state index is 13.9. The van der Waals surface area contributed by atoms with Gasteiger partial charge in [0.05, 0.1) is 16.9 Å². The normalized spacial score (nSPS) is 21.3. The van der Waals surface area contributed by atoms with Gasteiger partial charge in [0.1, 0.15) is 0 Å². The summed E-state index contributed by atoms with van der Waals surface area (Å²) in [7, 11) is 0. The lowest BCUT2D eigenvalue weighted by Gasteiger charge is -2.47. The lowest BCUT2D eigenvalue weighted by molar-refractivity contribution is -0.124. The number of aromatic amines is 1. The Labute approximate surface area is 175 Å². The van der Waals surface area contributed by atoms with Crippen LogP contribution in [0.1, 0.15) is 59.9 Å². The summed E-state index contributed by atoms with van der Waals surface area (Å²) < 4.78 is 0. The van der Waals surface area contributed by atoms with Crippen LogP contribution in [-0.2, 0) is 11.2 Å². The summed E-state index contributed by atoms with van der Waals surface area (Å²) in [6, 6.07) is 15.9. The lowest BCUT2D eigenvalue weighted by Crippen LogP contribution is -2.55. The zero-order valence-corrected chi connectivity index (χ0v) is 16.9. The number of nitrogens with zero attached hydrogens (tertiary/aromatic N) is 2. The number of aromatic nitrogens is 1. The molecule has 0 radical (unpaired) electrons. The molecule has 3 heterocycles. The third kappa shape index (κ3) is 2.47. The fraction of sp³-hybridized carbons (Fsp3) is 0.360. The highest BCUT2D eigenvalue weighted by Gasteiger charge is 2.46. The molecule has 5 nitrogen and oxygen atoms in total. The van der Waals surface area contributed by atoms with Gasteiger partial charge in [-0.25, -0.2) is 0 Å². The van der Waals surface area contributed by atoms with Crippen LogP contribution in [0.3, 0.4) is 0 Å². The second kappa shape index (κ2) is 6.73. The third-order valence-electron chi connectivity index (χ3n) is 7.09. The Balaban J connectivity index is 1.55. The number of benzene rings is 2. The van der Waals surface area contributed by atoms with Gasteiger partial charge in [-0.2, -0.15) is 0 Å². The molecule has 152 valence electrons. The quantitative estimate of drug-likeness (QED) is 0.639. The Morgan fingerprint density at radius 2 is 1.73 bits per heavy atom. The Morgan fingerprint density at radius 1 is 0.967 bits per heavy atom. The molecule has 1 aliphatic carbocycles. The van der Waals surface area contributed by atoms with E-state index in [0.717, 1.165) is 49.0 Å². The number of carbonyl (C=O) groups excluding carboxylic acids is 2. The molecular weight excluding hydrogens is 374 g/mol. The first kappa shape index (κ1) is 17.8. The van der Waals surface area contributed by atoms with Gasteiger partial charge in [-0.15, -0.1) is 0 Å². The number of hydrogen-bond acceptors (Lipinski definition) is 2. The summed E-state index contributed by atoms with van der Waals surface area (Å²) in [4.78, 5) is 34.7. The lowest BCUT2D eigenvalue weighted by atomic mass is 9.86. The van der Waals surface area contributed by atoms with Crippen molar-refractivity contribution in [2.45, 2.75) is 44.7 Å². The number of carbonyl (C=O) groups is 2. The van der Waals surface area contributed by atoms with Gasteiger partial charge in [0.15, 0.2) is 6.17 Å². The van der Waals surface area contributed by atoms with Crippen LogP contribution in [-0.4, -0.2) is 28.2 Å². The molecule has 1 N–H and O–H groups in total. The highest BCUT2D eigenvalue weighted by Crippen LogP contribution is 2.45. The Morgan fingerprint density at radius 3 is 2.60 bits per heavy atom. The standard InChI is InChI=1S/C25H25N3O2/c29-24(16-8-2-1-3-9-16)28-21-13-7-5-11-19(21)25(30)27-15-14-18-17-10-4-6-12-20(17)26-22(18)23(27)28/h4-7,10-13,16,23,26H,1-3,8-9,14-15H2. The van der Waals surface area contributed by atoms with E-state index in [1.54, 1.807) is 0 Å². The van der Waals surface area contributed by atoms with Gasteiger partial charge in [-0.3, -0.25) is 14.5 Å². The third-order valence-corrected chi connectivity index (χ3v) is 7.09. The van der Waals surface area contributed by atoms with E-state index in [0.29, 0.717) is 12.1 Å². The molecule has 1 fully saturated rings. The first-order valence-electron chi connectivity index (χ1n) is 11.1. The number of fused-ring (bicyclic) bond motifs is 6. The van der Waals surface area contributed by atoms with E-state index in [9.17, 15) is 9.59 Å². The van der Waals surface area contributed by atoms with E-state index >= 15 is 0 Å².